The lowest BCUT2D eigenvalue weighted by molar-refractivity contribution is -0.270. The third-order valence-corrected chi connectivity index (χ3v) is 2.48. The van der Waals surface area contributed by atoms with Gasteiger partial charge in [0, 0.05) is 0 Å². The van der Waals surface area contributed by atoms with Crippen LogP contribution in [0, 0.1) is 0 Å². The second-order valence-electron chi connectivity index (χ2n) is 4.12. The van der Waals surface area contributed by atoms with E-state index in [1.54, 1.807) is 30.3 Å². The van der Waals surface area contributed by atoms with E-state index in [0.717, 1.165) is 5.32 Å². The number of hydrogen-bond acceptors (Lipinski definition) is 5. The van der Waals surface area contributed by atoms with Crippen molar-refractivity contribution in [1.82, 2.24) is 5.32 Å². The van der Waals surface area contributed by atoms with Crippen LogP contribution < -0.4 is 5.32 Å². The van der Waals surface area contributed by atoms with E-state index in [4.69, 9.17) is 0 Å². The van der Waals surface area contributed by atoms with Crippen molar-refractivity contribution in [3.63, 3.8) is 0 Å². The van der Waals surface area contributed by atoms with Gasteiger partial charge in [0.15, 0.2) is 0 Å². The molecule has 1 rings (SSSR count). The summed E-state index contributed by atoms with van der Waals surface area (Å²) in [7, 11) is 0. The zero-order valence-electron chi connectivity index (χ0n) is 11.5. The maximum Gasteiger partial charge on any atom is 0.448 e. The Morgan fingerprint density at radius 3 is 2.27 bits per heavy atom. The first-order valence-electron chi connectivity index (χ1n) is 6.16. The van der Waals surface area contributed by atoms with Gasteiger partial charge in [-0.15, -0.1) is 0 Å². The number of benzene rings is 1. The van der Waals surface area contributed by atoms with Crippen LogP contribution in [0.4, 0.5) is 18.0 Å². The molecule has 22 heavy (non-hydrogen) atoms. The van der Waals surface area contributed by atoms with E-state index in [2.05, 4.69) is 9.47 Å². The molecule has 1 atom stereocenters. The molecule has 1 aromatic carbocycles. The van der Waals surface area contributed by atoms with Gasteiger partial charge in [0.25, 0.3) is 0 Å². The minimum Gasteiger partial charge on any atom is -0.462 e. The fourth-order valence-corrected chi connectivity index (χ4v) is 1.38. The molecule has 0 heterocycles. The molecule has 6 nitrogen and oxygen atoms in total. The highest BCUT2D eigenvalue weighted by molar-refractivity contribution is 5.84. The van der Waals surface area contributed by atoms with Crippen LogP contribution in [0.2, 0.25) is 0 Å². The Balaban J connectivity index is 2.73. The number of rotatable bonds is 5. The van der Waals surface area contributed by atoms with Crippen molar-refractivity contribution < 1.29 is 37.3 Å². The van der Waals surface area contributed by atoms with E-state index in [0.29, 0.717) is 5.56 Å². The SMILES string of the molecule is CCOC(=O)C(O)(NC(=O)OCc1ccccc1)C(F)(F)F. The second-order valence-corrected chi connectivity index (χ2v) is 4.12. The minimum atomic E-state index is -5.47. The van der Waals surface area contributed by atoms with Crippen molar-refractivity contribution in [2.24, 2.45) is 0 Å². The largest absolute Gasteiger partial charge is 0.462 e. The fourth-order valence-electron chi connectivity index (χ4n) is 1.38. The molecule has 0 aromatic heterocycles. The number of hydrogen-bond donors (Lipinski definition) is 2. The molecule has 0 bridgehead atoms. The fraction of sp³-hybridized carbons (Fsp3) is 0.385. The summed E-state index contributed by atoms with van der Waals surface area (Å²) in [5.74, 6) is -2.04. The number of carbonyl (C=O) groups excluding carboxylic acids is 2. The highest BCUT2D eigenvalue weighted by atomic mass is 19.4. The summed E-state index contributed by atoms with van der Waals surface area (Å²) in [4.78, 5) is 22.6. The zero-order valence-corrected chi connectivity index (χ0v) is 11.5. The number of alkyl halides is 3. The van der Waals surface area contributed by atoms with Gasteiger partial charge < -0.3 is 14.6 Å². The molecular formula is C13H14F3NO5. The number of halogens is 3. The summed E-state index contributed by atoms with van der Waals surface area (Å²) in [6, 6.07) is 8.14. The van der Waals surface area contributed by atoms with Gasteiger partial charge in [-0.05, 0) is 12.5 Å². The summed E-state index contributed by atoms with van der Waals surface area (Å²) in [5, 5.41) is 10.5. The number of ether oxygens (including phenoxy) is 2. The monoisotopic (exact) mass is 321 g/mol. The maximum atomic E-state index is 12.8. The Labute approximate surface area is 123 Å². The third-order valence-electron chi connectivity index (χ3n) is 2.48. The molecule has 122 valence electrons. The van der Waals surface area contributed by atoms with Crippen LogP contribution in [0.1, 0.15) is 12.5 Å². The molecule has 1 unspecified atom stereocenters. The van der Waals surface area contributed by atoms with Crippen molar-refractivity contribution in [3.8, 4) is 0 Å². The number of alkyl carbamates (subject to hydrolysis) is 1. The first-order valence-corrected chi connectivity index (χ1v) is 6.16. The molecule has 0 aliphatic carbocycles. The summed E-state index contributed by atoms with van der Waals surface area (Å²) in [5.41, 5.74) is -3.65. The Bertz CT molecular complexity index is 520. The predicted octanol–water partition coefficient (Wildman–Crippen LogP) is 1.73. The van der Waals surface area contributed by atoms with E-state index >= 15 is 0 Å². The zero-order chi connectivity index (χ0) is 16.8. The van der Waals surface area contributed by atoms with Crippen LogP contribution in [0.5, 0.6) is 0 Å². The van der Waals surface area contributed by atoms with Crippen LogP contribution in [0.15, 0.2) is 30.3 Å². The molecule has 0 aliphatic rings. The molecule has 0 fully saturated rings. The summed E-state index contributed by atoms with van der Waals surface area (Å²) >= 11 is 0. The maximum absolute atomic E-state index is 12.8. The van der Waals surface area contributed by atoms with Gasteiger partial charge in [-0.2, -0.15) is 13.2 Å². The second kappa shape index (κ2) is 7.12. The van der Waals surface area contributed by atoms with Crippen LogP contribution in [-0.4, -0.2) is 35.7 Å². The summed E-state index contributed by atoms with van der Waals surface area (Å²) in [6.45, 7) is 0.518. The van der Waals surface area contributed by atoms with Crippen LogP contribution in [0.3, 0.4) is 0 Å². The van der Waals surface area contributed by atoms with E-state index in [9.17, 15) is 27.9 Å². The topological polar surface area (TPSA) is 84.9 Å². The lowest BCUT2D eigenvalue weighted by Crippen LogP contribution is -2.64. The molecular weight excluding hydrogens is 307 g/mol. The van der Waals surface area contributed by atoms with Crippen molar-refractivity contribution >= 4 is 12.1 Å². The van der Waals surface area contributed by atoms with E-state index < -0.39 is 30.6 Å². The Morgan fingerprint density at radius 2 is 1.77 bits per heavy atom. The normalized spacial score (nSPS) is 13.9. The van der Waals surface area contributed by atoms with Crippen LogP contribution >= 0.6 is 0 Å². The molecule has 0 saturated carbocycles. The number of carbonyl (C=O) groups is 2. The third kappa shape index (κ3) is 4.35. The highest BCUT2D eigenvalue weighted by Gasteiger charge is 2.62. The minimum absolute atomic E-state index is 0.330. The predicted molar refractivity (Wildman–Crippen MR) is 67.4 cm³/mol. The van der Waals surface area contributed by atoms with Gasteiger partial charge in [-0.1, -0.05) is 30.3 Å². The average Bonchev–Trinajstić information content (AvgIpc) is 2.45. The van der Waals surface area contributed by atoms with Crippen molar-refractivity contribution in [3.05, 3.63) is 35.9 Å². The van der Waals surface area contributed by atoms with Gasteiger partial charge in [0.2, 0.25) is 0 Å². The molecule has 0 radical (unpaired) electrons. The first kappa shape index (κ1) is 17.8. The molecule has 0 spiro atoms. The van der Waals surface area contributed by atoms with Gasteiger partial charge in [-0.3, -0.25) is 5.32 Å². The molecule has 0 aliphatic heterocycles. The highest BCUT2D eigenvalue weighted by Crippen LogP contribution is 2.29. The van der Waals surface area contributed by atoms with Crippen molar-refractivity contribution in [1.29, 1.82) is 0 Å². The number of esters is 1. The average molecular weight is 321 g/mol. The smallest absolute Gasteiger partial charge is 0.448 e. The van der Waals surface area contributed by atoms with Crippen molar-refractivity contribution in [2.45, 2.75) is 25.4 Å². The lowest BCUT2D eigenvalue weighted by atomic mass is 10.2. The Morgan fingerprint density at radius 1 is 1.18 bits per heavy atom. The van der Waals surface area contributed by atoms with Gasteiger partial charge in [-0.25, -0.2) is 9.59 Å². The number of aliphatic hydroxyl groups is 1. The van der Waals surface area contributed by atoms with Gasteiger partial charge in [0.05, 0.1) is 6.61 Å². The van der Waals surface area contributed by atoms with E-state index in [-0.39, 0.29) is 6.61 Å². The van der Waals surface area contributed by atoms with E-state index in [1.807, 2.05) is 0 Å². The molecule has 2 N–H and O–H groups in total. The van der Waals surface area contributed by atoms with Crippen LogP contribution in [-0.2, 0) is 20.9 Å². The Kier molecular flexibility index (Phi) is 5.75. The Hall–Kier alpha value is -2.29. The van der Waals surface area contributed by atoms with Crippen molar-refractivity contribution in [2.75, 3.05) is 6.61 Å². The van der Waals surface area contributed by atoms with Gasteiger partial charge in [0.1, 0.15) is 6.61 Å². The molecule has 1 aromatic rings. The van der Waals surface area contributed by atoms with Gasteiger partial charge >= 0.3 is 24.0 Å². The molecule has 0 saturated heterocycles. The van der Waals surface area contributed by atoms with Crippen LogP contribution in [0.25, 0.3) is 0 Å². The quantitative estimate of drug-likeness (QED) is 0.637. The first-order chi connectivity index (χ1) is 10.2. The standard InChI is InChI=1S/C13H14F3NO5/c1-2-21-10(18)12(20,13(14,15)16)17-11(19)22-8-9-6-4-3-5-7-9/h3-7,20H,2,8H2,1H3,(H,17,19). The number of nitrogens with one attached hydrogen (secondary N) is 1. The molecule has 1 amide bonds. The molecule has 9 heteroatoms. The lowest BCUT2D eigenvalue weighted by Gasteiger charge is -2.28. The van der Waals surface area contributed by atoms with E-state index in [1.165, 1.54) is 6.92 Å². The summed E-state index contributed by atoms with van der Waals surface area (Å²) in [6.07, 6.45) is -7.08. The number of amides is 1. The summed E-state index contributed by atoms with van der Waals surface area (Å²) < 4.78 is 47.0.